The van der Waals surface area contributed by atoms with Crippen molar-refractivity contribution < 1.29 is 14.2 Å². The quantitative estimate of drug-likeness (QED) is 0.0459. The minimum atomic E-state index is 0.189. The van der Waals surface area contributed by atoms with Crippen LogP contribution < -0.4 is 0 Å². The lowest BCUT2D eigenvalue weighted by atomic mass is 9.46. The molecular weight excluding hydrogens is 795 g/mol. The molecule has 0 N–H and O–H groups in total. The van der Waals surface area contributed by atoms with E-state index in [0.29, 0.717) is 10.8 Å². The highest BCUT2D eigenvalue weighted by atomic mass is 16.5. The predicted molar refractivity (Wildman–Crippen MR) is 281 cm³/mol. The molecule has 4 aliphatic carbocycles. The Labute approximate surface area is 406 Å². The van der Waals surface area contributed by atoms with E-state index < -0.39 is 0 Å². The maximum Gasteiger partial charge on any atom is 0.0934 e. The number of ether oxygens (including phenoxy) is 3. The molecule has 9 atom stereocenters. The van der Waals surface area contributed by atoms with E-state index in [0.717, 1.165) is 87.4 Å². The number of fused-ring (bicyclic) bond motifs is 5. The number of allylic oxidation sites excluding steroid dienone is 2. The maximum absolute atomic E-state index is 6.47. The zero-order chi connectivity index (χ0) is 46.0. The van der Waals surface area contributed by atoms with Crippen molar-refractivity contribution in [2.75, 3.05) is 52.7 Å². The first kappa shape index (κ1) is 55.5. The summed E-state index contributed by atoms with van der Waals surface area (Å²) in [6.45, 7) is 22.8. The van der Waals surface area contributed by atoms with Crippen LogP contribution in [0.2, 0.25) is 0 Å². The zero-order valence-corrected chi connectivity index (χ0v) is 44.8. The van der Waals surface area contributed by atoms with E-state index in [1.807, 2.05) is 5.57 Å². The maximum atomic E-state index is 6.47. The van der Waals surface area contributed by atoms with E-state index in [2.05, 4.69) is 52.5 Å². The van der Waals surface area contributed by atoms with Crippen LogP contribution in [0, 0.1) is 52.3 Å². The van der Waals surface area contributed by atoms with Crippen molar-refractivity contribution in [3.05, 3.63) is 11.6 Å². The number of rotatable bonds is 37. The standard InChI is InChI=1S/C61H113NO3/c1-7-8-9-10-11-12-13-14-15-16-17-18-19-20-21-27-45-64-50-55(49-62-42-25-23-26-43-62)65-47-30-46-63-44-28-22-24-33-53-38-40-60(5)54(48-53)34-35-56-58-37-36-57(52(4)32-29-31-51(2)3)61(58,6)41-39-59(56)60/h34,51-53,55-59H,7-33,35-50H2,1-6H3/t52-,53+,55?,56+,57-,58+,59+,60?,61-/m1/s1. The van der Waals surface area contributed by atoms with E-state index in [9.17, 15) is 0 Å². The van der Waals surface area contributed by atoms with Crippen molar-refractivity contribution in [1.29, 1.82) is 0 Å². The molecule has 1 heterocycles. The van der Waals surface area contributed by atoms with E-state index in [1.54, 1.807) is 0 Å². The van der Waals surface area contributed by atoms with Gasteiger partial charge in [0.15, 0.2) is 0 Å². The molecule has 5 aliphatic rings. The van der Waals surface area contributed by atoms with Gasteiger partial charge in [-0.1, -0.05) is 194 Å². The van der Waals surface area contributed by atoms with Gasteiger partial charge in [0.25, 0.3) is 0 Å². The second kappa shape index (κ2) is 31.7. The van der Waals surface area contributed by atoms with Crippen LogP contribution in [0.1, 0.15) is 266 Å². The fourth-order valence-corrected chi connectivity index (χ4v) is 14.9. The molecule has 0 bridgehead atoms. The van der Waals surface area contributed by atoms with Crippen LogP contribution in [-0.4, -0.2) is 63.7 Å². The molecule has 5 rings (SSSR count). The van der Waals surface area contributed by atoms with Crippen LogP contribution in [-0.2, 0) is 14.2 Å². The molecule has 1 aliphatic heterocycles. The van der Waals surface area contributed by atoms with Crippen LogP contribution in [0.5, 0.6) is 0 Å². The number of hydrogen-bond acceptors (Lipinski definition) is 4. The van der Waals surface area contributed by atoms with Gasteiger partial charge in [0.05, 0.1) is 12.7 Å². The number of unbranched alkanes of at least 4 members (excludes halogenated alkanes) is 17. The minimum Gasteiger partial charge on any atom is -0.381 e. The summed E-state index contributed by atoms with van der Waals surface area (Å²) in [7, 11) is 0. The monoisotopic (exact) mass is 908 g/mol. The topological polar surface area (TPSA) is 30.9 Å². The molecule has 4 nitrogen and oxygen atoms in total. The Hall–Kier alpha value is -0.420. The van der Waals surface area contributed by atoms with Gasteiger partial charge in [0.2, 0.25) is 0 Å². The Morgan fingerprint density at radius 2 is 1.25 bits per heavy atom. The van der Waals surface area contributed by atoms with Crippen molar-refractivity contribution in [3.8, 4) is 0 Å². The SMILES string of the molecule is CCCCCCCCCCCCCCCCCCOCC(CN1CCCCC1)OCCCOCCCCC[C@H]1CCC2(C)C(=CC[C@@H]3[C@@H]2CC[C@]2(C)[C@@H]([C@H](C)CCCC(C)C)CC[C@@H]32)C1. The molecular formula is C61H113NO3. The van der Waals surface area contributed by atoms with Crippen LogP contribution in [0.15, 0.2) is 11.6 Å². The van der Waals surface area contributed by atoms with E-state index in [4.69, 9.17) is 14.2 Å². The smallest absolute Gasteiger partial charge is 0.0934 e. The summed E-state index contributed by atoms with van der Waals surface area (Å²) in [5, 5.41) is 0. The molecule has 0 radical (unpaired) electrons. The Morgan fingerprint density at radius 3 is 1.92 bits per heavy atom. The minimum absolute atomic E-state index is 0.189. The van der Waals surface area contributed by atoms with E-state index in [-0.39, 0.29) is 6.10 Å². The third-order valence-electron chi connectivity index (χ3n) is 19.0. The molecule has 4 fully saturated rings. The summed E-state index contributed by atoms with van der Waals surface area (Å²) in [5.41, 5.74) is 2.98. The summed E-state index contributed by atoms with van der Waals surface area (Å²) in [6.07, 6.45) is 52.0. The van der Waals surface area contributed by atoms with Gasteiger partial charge in [-0.2, -0.15) is 0 Å². The van der Waals surface area contributed by atoms with Crippen molar-refractivity contribution in [1.82, 2.24) is 4.90 Å². The normalized spacial score (nSPS) is 29.1. The van der Waals surface area contributed by atoms with Crippen molar-refractivity contribution in [2.45, 2.75) is 272 Å². The van der Waals surface area contributed by atoms with Gasteiger partial charge in [0, 0.05) is 33.0 Å². The van der Waals surface area contributed by atoms with Gasteiger partial charge in [-0.15, -0.1) is 0 Å². The fraction of sp³-hybridized carbons (Fsp3) is 0.967. The van der Waals surface area contributed by atoms with E-state index >= 15 is 0 Å². The Balaban J connectivity index is 0.862. The average molecular weight is 909 g/mol. The van der Waals surface area contributed by atoms with Gasteiger partial charge >= 0.3 is 0 Å². The first-order valence-electron chi connectivity index (χ1n) is 29.9. The largest absolute Gasteiger partial charge is 0.381 e. The van der Waals surface area contributed by atoms with Crippen LogP contribution >= 0.6 is 0 Å². The number of hydrogen-bond donors (Lipinski definition) is 0. The molecule has 0 aromatic carbocycles. The van der Waals surface area contributed by atoms with Crippen molar-refractivity contribution >= 4 is 0 Å². The average Bonchev–Trinajstić information content (AvgIpc) is 3.66. The highest BCUT2D eigenvalue weighted by molar-refractivity contribution is 5.25. The lowest BCUT2D eigenvalue weighted by Gasteiger charge is -2.58. The number of likely N-dealkylation sites (tertiary alicyclic amines) is 1. The zero-order valence-electron chi connectivity index (χ0n) is 44.8. The van der Waals surface area contributed by atoms with Crippen LogP contribution in [0.25, 0.3) is 0 Å². The molecule has 0 aromatic rings. The van der Waals surface area contributed by atoms with Gasteiger partial charge in [-0.25, -0.2) is 0 Å². The molecule has 4 heteroatoms. The fourth-order valence-electron chi connectivity index (χ4n) is 14.9. The Bertz CT molecular complexity index is 1230. The van der Waals surface area contributed by atoms with Gasteiger partial charge in [0.1, 0.15) is 0 Å². The van der Waals surface area contributed by atoms with Crippen molar-refractivity contribution in [2.24, 2.45) is 52.3 Å². The molecule has 1 saturated heterocycles. The first-order chi connectivity index (χ1) is 31.7. The summed E-state index contributed by atoms with van der Waals surface area (Å²) in [6, 6.07) is 0. The predicted octanol–water partition coefficient (Wildman–Crippen LogP) is 17.8. The molecule has 65 heavy (non-hydrogen) atoms. The molecule has 0 amide bonds. The third kappa shape index (κ3) is 19.0. The Morgan fingerprint density at radius 1 is 0.615 bits per heavy atom. The van der Waals surface area contributed by atoms with Gasteiger partial charge < -0.3 is 19.1 Å². The summed E-state index contributed by atoms with van der Waals surface area (Å²) >= 11 is 0. The summed E-state index contributed by atoms with van der Waals surface area (Å²) < 4.78 is 18.8. The lowest BCUT2D eigenvalue weighted by Crippen LogP contribution is -2.50. The van der Waals surface area contributed by atoms with Crippen LogP contribution in [0.3, 0.4) is 0 Å². The molecule has 380 valence electrons. The summed E-state index contributed by atoms with van der Waals surface area (Å²) in [4.78, 5) is 2.61. The summed E-state index contributed by atoms with van der Waals surface area (Å²) in [5.74, 6) is 6.53. The highest BCUT2D eigenvalue weighted by Gasteiger charge is 2.59. The molecule has 0 aromatic heterocycles. The van der Waals surface area contributed by atoms with Crippen molar-refractivity contribution in [3.63, 3.8) is 0 Å². The molecule has 3 saturated carbocycles. The lowest BCUT2D eigenvalue weighted by molar-refractivity contribution is -0.0529. The second-order valence-corrected chi connectivity index (χ2v) is 24.4. The van der Waals surface area contributed by atoms with E-state index in [1.165, 1.54) is 231 Å². The van der Waals surface area contributed by atoms with Gasteiger partial charge in [-0.05, 0) is 149 Å². The molecule has 2 unspecified atom stereocenters. The van der Waals surface area contributed by atoms with Crippen LogP contribution in [0.4, 0.5) is 0 Å². The van der Waals surface area contributed by atoms with Gasteiger partial charge in [-0.3, -0.25) is 0 Å². The highest BCUT2D eigenvalue weighted by Crippen LogP contribution is 2.67. The first-order valence-corrected chi connectivity index (χ1v) is 29.9. The number of nitrogens with zero attached hydrogens (tertiary/aromatic N) is 1. The number of piperidine rings is 1. The Kier molecular flexibility index (Phi) is 27.1. The molecule has 0 spiro atoms. The third-order valence-corrected chi connectivity index (χ3v) is 19.0. The second-order valence-electron chi connectivity index (χ2n) is 24.4.